The summed E-state index contributed by atoms with van der Waals surface area (Å²) in [7, 11) is 0. The molecule has 3 fully saturated rings. The van der Waals surface area contributed by atoms with Gasteiger partial charge in [-0.25, -0.2) is 18.6 Å². The molecular weight excluding hydrogens is 498 g/mol. The van der Waals surface area contributed by atoms with Crippen LogP contribution in [-0.2, 0) is 14.3 Å². The number of amides is 3. The lowest BCUT2D eigenvalue weighted by atomic mass is 9.97. The highest BCUT2D eigenvalue weighted by Gasteiger charge is 2.29. The predicted molar refractivity (Wildman–Crippen MR) is 138 cm³/mol. The van der Waals surface area contributed by atoms with Crippen LogP contribution in [-0.4, -0.2) is 85.3 Å². The SMILES string of the molecule is CC(C)(C)OC(=O)NN1CCC(CN2CCN(c3c(F)cc(NC4CCC(=O)NC4=O)cc3F)CC2)CC1. The number of anilines is 2. The van der Waals surface area contributed by atoms with Gasteiger partial charge in [-0.1, -0.05) is 0 Å². The Labute approximate surface area is 222 Å². The standard InChI is InChI=1S/C26H38F2N6O4/c1-26(2,3)38-25(37)31-34-8-6-17(7-9-34)16-32-10-12-33(13-11-32)23-19(27)14-18(15-20(23)28)29-21-4-5-22(35)30-24(21)36/h14-15,17,21,29H,4-13,16H2,1-3H3,(H,31,37)(H,30,35,36). The molecule has 0 radical (unpaired) electrons. The first-order valence-electron chi connectivity index (χ1n) is 13.3. The van der Waals surface area contributed by atoms with Crippen LogP contribution in [0, 0.1) is 17.6 Å². The molecule has 0 bridgehead atoms. The van der Waals surface area contributed by atoms with E-state index in [1.807, 2.05) is 25.8 Å². The Bertz CT molecular complexity index is 1010. The first-order chi connectivity index (χ1) is 18.0. The van der Waals surface area contributed by atoms with Crippen LogP contribution in [0.5, 0.6) is 0 Å². The Morgan fingerprint density at radius 1 is 1.03 bits per heavy atom. The molecular formula is C26H38F2N6O4. The van der Waals surface area contributed by atoms with Crippen molar-refractivity contribution in [3.63, 3.8) is 0 Å². The van der Waals surface area contributed by atoms with Gasteiger partial charge >= 0.3 is 6.09 Å². The average Bonchev–Trinajstić information content (AvgIpc) is 2.82. The molecule has 0 aromatic heterocycles. The summed E-state index contributed by atoms with van der Waals surface area (Å²) in [5.74, 6) is -1.71. The maximum absolute atomic E-state index is 15.0. The molecule has 4 rings (SSSR count). The normalized spacial score (nSPS) is 22.2. The van der Waals surface area contributed by atoms with Crippen molar-refractivity contribution in [2.75, 3.05) is 56.0 Å². The zero-order chi connectivity index (χ0) is 27.4. The topological polar surface area (TPSA) is 106 Å². The van der Waals surface area contributed by atoms with Crippen LogP contribution in [0.25, 0.3) is 0 Å². The maximum Gasteiger partial charge on any atom is 0.422 e. The number of rotatable bonds is 6. The number of ether oxygens (including phenoxy) is 1. The molecule has 12 heteroatoms. The number of hydrogen-bond acceptors (Lipinski definition) is 8. The number of nitrogens with zero attached hydrogens (tertiary/aromatic N) is 3. The molecule has 1 atom stereocenters. The number of imide groups is 1. The van der Waals surface area contributed by atoms with E-state index < -0.39 is 35.3 Å². The van der Waals surface area contributed by atoms with Crippen LogP contribution in [0.15, 0.2) is 12.1 Å². The van der Waals surface area contributed by atoms with Crippen molar-refractivity contribution < 1.29 is 27.9 Å². The smallest absolute Gasteiger partial charge is 0.422 e. The van der Waals surface area contributed by atoms with Crippen LogP contribution in [0.1, 0.15) is 46.5 Å². The second kappa shape index (κ2) is 11.8. The van der Waals surface area contributed by atoms with Crippen molar-refractivity contribution in [1.29, 1.82) is 0 Å². The third-order valence-electron chi connectivity index (χ3n) is 7.06. The minimum absolute atomic E-state index is 0.0556. The minimum Gasteiger partial charge on any atom is -0.443 e. The van der Waals surface area contributed by atoms with Crippen molar-refractivity contribution in [2.45, 2.75) is 58.1 Å². The van der Waals surface area contributed by atoms with Gasteiger partial charge in [-0.2, -0.15) is 0 Å². The highest BCUT2D eigenvalue weighted by molar-refractivity contribution is 6.01. The molecule has 1 aromatic rings. The van der Waals surface area contributed by atoms with Gasteiger partial charge in [-0.15, -0.1) is 0 Å². The van der Waals surface area contributed by atoms with Crippen molar-refractivity contribution >= 4 is 29.3 Å². The van der Waals surface area contributed by atoms with Crippen LogP contribution in [0.2, 0.25) is 0 Å². The molecule has 3 aliphatic rings. The first kappa shape index (κ1) is 28.0. The number of halogens is 2. The molecule has 3 N–H and O–H groups in total. The molecule has 0 saturated carbocycles. The summed E-state index contributed by atoms with van der Waals surface area (Å²) in [5, 5.41) is 6.96. The van der Waals surface area contributed by atoms with E-state index in [2.05, 4.69) is 21.0 Å². The van der Waals surface area contributed by atoms with E-state index in [9.17, 15) is 23.2 Å². The number of hydrogen-bond donors (Lipinski definition) is 3. The summed E-state index contributed by atoms with van der Waals surface area (Å²) in [6, 6.07) is 1.70. The van der Waals surface area contributed by atoms with Crippen molar-refractivity contribution in [1.82, 2.24) is 20.7 Å². The number of piperidine rings is 2. The Kier molecular flexibility index (Phi) is 8.71. The van der Waals surface area contributed by atoms with Crippen molar-refractivity contribution in [2.24, 2.45) is 5.92 Å². The van der Waals surface area contributed by atoms with E-state index in [0.29, 0.717) is 32.1 Å². The zero-order valence-electron chi connectivity index (χ0n) is 22.3. The minimum atomic E-state index is -0.708. The summed E-state index contributed by atoms with van der Waals surface area (Å²) in [4.78, 5) is 39.3. The second-order valence-corrected chi connectivity index (χ2v) is 11.3. The fourth-order valence-corrected chi connectivity index (χ4v) is 5.16. The number of piperazine rings is 1. The number of carbonyl (C=O) groups is 3. The van der Waals surface area contributed by atoms with Gasteiger partial charge in [-0.3, -0.25) is 25.2 Å². The summed E-state index contributed by atoms with van der Waals surface area (Å²) in [6.45, 7) is 10.3. The van der Waals surface area contributed by atoms with Gasteiger partial charge in [0.1, 0.15) is 17.3 Å². The van der Waals surface area contributed by atoms with E-state index in [1.165, 1.54) is 12.1 Å². The third-order valence-corrected chi connectivity index (χ3v) is 7.06. The summed E-state index contributed by atoms with van der Waals surface area (Å²) in [6.07, 6.45) is 1.91. The van der Waals surface area contributed by atoms with E-state index in [-0.39, 0.29) is 30.1 Å². The second-order valence-electron chi connectivity index (χ2n) is 11.3. The van der Waals surface area contributed by atoms with Crippen LogP contribution in [0.3, 0.4) is 0 Å². The molecule has 3 aliphatic heterocycles. The van der Waals surface area contributed by atoms with E-state index in [1.54, 1.807) is 4.90 Å². The molecule has 3 heterocycles. The van der Waals surface area contributed by atoms with E-state index >= 15 is 0 Å². The van der Waals surface area contributed by atoms with Gasteiger partial charge in [0, 0.05) is 57.9 Å². The molecule has 210 valence electrons. The van der Waals surface area contributed by atoms with Gasteiger partial charge < -0.3 is 15.0 Å². The lowest BCUT2D eigenvalue weighted by Gasteiger charge is -2.39. The van der Waals surface area contributed by atoms with E-state index in [0.717, 1.165) is 32.5 Å². The summed E-state index contributed by atoms with van der Waals surface area (Å²) in [5.41, 5.74) is 2.39. The quantitative estimate of drug-likeness (QED) is 0.477. The number of nitrogens with one attached hydrogen (secondary N) is 3. The van der Waals surface area contributed by atoms with Crippen LogP contribution in [0.4, 0.5) is 25.0 Å². The molecule has 1 aromatic carbocycles. The average molecular weight is 537 g/mol. The Hall–Kier alpha value is -2.99. The lowest BCUT2D eigenvalue weighted by Crippen LogP contribution is -2.51. The maximum atomic E-state index is 15.0. The van der Waals surface area contributed by atoms with Crippen LogP contribution < -0.4 is 21.0 Å². The molecule has 3 amide bonds. The molecule has 0 aliphatic carbocycles. The number of hydrazine groups is 1. The molecule has 38 heavy (non-hydrogen) atoms. The highest BCUT2D eigenvalue weighted by Crippen LogP contribution is 2.29. The van der Waals surface area contributed by atoms with Gasteiger partial charge in [-0.05, 0) is 58.1 Å². The first-order valence-corrected chi connectivity index (χ1v) is 13.3. The molecule has 1 unspecified atom stereocenters. The van der Waals surface area contributed by atoms with Gasteiger partial charge in [0.05, 0.1) is 0 Å². The monoisotopic (exact) mass is 536 g/mol. The van der Waals surface area contributed by atoms with E-state index in [4.69, 9.17) is 4.74 Å². The molecule has 10 nitrogen and oxygen atoms in total. The van der Waals surface area contributed by atoms with Gasteiger partial charge in [0.2, 0.25) is 11.8 Å². The summed E-state index contributed by atoms with van der Waals surface area (Å²) >= 11 is 0. The van der Waals surface area contributed by atoms with Gasteiger partial charge in [0.25, 0.3) is 0 Å². The van der Waals surface area contributed by atoms with Gasteiger partial charge in [0.15, 0.2) is 11.6 Å². The fraction of sp³-hybridized carbons (Fsp3) is 0.654. The number of carbonyl (C=O) groups excluding carboxylic acids is 3. The van der Waals surface area contributed by atoms with Crippen LogP contribution >= 0.6 is 0 Å². The number of benzene rings is 1. The molecule has 0 spiro atoms. The van der Waals surface area contributed by atoms with Crippen molar-refractivity contribution in [3.8, 4) is 0 Å². The Morgan fingerprint density at radius 3 is 2.24 bits per heavy atom. The largest absolute Gasteiger partial charge is 0.443 e. The van der Waals surface area contributed by atoms with Crippen molar-refractivity contribution in [3.05, 3.63) is 23.8 Å². The lowest BCUT2D eigenvalue weighted by molar-refractivity contribution is -0.133. The summed E-state index contributed by atoms with van der Waals surface area (Å²) < 4.78 is 35.2. The Morgan fingerprint density at radius 2 is 1.66 bits per heavy atom. The zero-order valence-corrected chi connectivity index (χ0v) is 22.3. The fourth-order valence-electron chi connectivity index (χ4n) is 5.16. The third kappa shape index (κ3) is 7.53. The highest BCUT2D eigenvalue weighted by atomic mass is 19.1. The predicted octanol–water partition coefficient (Wildman–Crippen LogP) is 2.46. The Balaban J connectivity index is 1.23. The molecule has 3 saturated heterocycles.